The van der Waals surface area contributed by atoms with Crippen LogP contribution < -0.4 is 21.1 Å². The topological polar surface area (TPSA) is 136 Å². The van der Waals surface area contributed by atoms with Crippen molar-refractivity contribution in [3.8, 4) is 16.9 Å². The molecule has 4 aromatic rings. The van der Waals surface area contributed by atoms with Crippen LogP contribution >= 0.6 is 0 Å². The van der Waals surface area contributed by atoms with Gasteiger partial charge in [-0.05, 0) is 66.6 Å². The zero-order valence-electron chi connectivity index (χ0n) is 23.9. The quantitative estimate of drug-likeness (QED) is 0.162. The van der Waals surface area contributed by atoms with Gasteiger partial charge >= 0.3 is 0 Å². The molecule has 0 fully saturated rings. The Morgan fingerprint density at radius 2 is 1.62 bits per heavy atom. The van der Waals surface area contributed by atoms with Crippen LogP contribution in [0.5, 0.6) is 5.75 Å². The first-order valence-corrected chi connectivity index (χ1v) is 15.2. The number of hydrogen-bond acceptors (Lipinski definition) is 6. The number of carbonyl (C=O) groups excluding carboxylic acids is 1. The van der Waals surface area contributed by atoms with Gasteiger partial charge in [0, 0.05) is 29.8 Å². The highest BCUT2D eigenvalue weighted by Gasteiger charge is 2.13. The molecule has 220 valence electrons. The van der Waals surface area contributed by atoms with Crippen molar-refractivity contribution in [2.24, 2.45) is 10.7 Å². The molecule has 0 aliphatic carbocycles. The fourth-order valence-corrected chi connectivity index (χ4v) is 4.40. The van der Waals surface area contributed by atoms with Gasteiger partial charge in [0.2, 0.25) is 5.91 Å². The molecule has 0 saturated carbocycles. The molecular weight excluding hydrogens is 557 g/mol. The van der Waals surface area contributed by atoms with E-state index < -0.39 is 9.84 Å². The minimum atomic E-state index is -3.39. The fraction of sp³-hybridized carbons (Fsp3) is 0.194. The van der Waals surface area contributed by atoms with Crippen LogP contribution in [-0.2, 0) is 21.1 Å². The van der Waals surface area contributed by atoms with Gasteiger partial charge in [-0.3, -0.25) is 4.79 Å². The maximum Gasteiger partial charge on any atom is 0.228 e. The molecule has 0 aliphatic heterocycles. The number of aliphatic imine (C=N–C) groups is 1. The number of nitrogens with two attached hydrogens (primary N) is 1. The van der Waals surface area contributed by atoms with Crippen LogP contribution in [0.15, 0.2) is 94.9 Å². The monoisotopic (exact) mass is 591 g/mol. The second-order valence-corrected chi connectivity index (χ2v) is 10.8. The second-order valence-electron chi connectivity index (χ2n) is 8.82. The van der Waals surface area contributed by atoms with E-state index in [-0.39, 0.29) is 29.0 Å². The molecule has 0 unspecified atom stereocenters. The number of aromatic nitrogens is 1. The molecule has 0 radical (unpaired) electrons. The van der Waals surface area contributed by atoms with Gasteiger partial charge in [-0.2, -0.15) is 4.99 Å². The van der Waals surface area contributed by atoms with Gasteiger partial charge in [0.15, 0.2) is 21.6 Å². The standard InChI is InChI=1S/C29H28FN5O4S.C2H6/c1-3-39-26-17-24(40(2,37)38)13-14-25(26)34-29(31)35-27-15-8-21(18-32-27)20-6-11-23(12-7-20)33-28(36)16-19-4-9-22(30)10-5-19;1-2/h4-15,17-18H,3,16H2,1-2H3,(H,33,36)(H3,31,32,34,35);1-2H3. The Kier molecular flexibility index (Phi) is 11.1. The third-order valence-corrected chi connectivity index (χ3v) is 6.82. The summed E-state index contributed by atoms with van der Waals surface area (Å²) in [4.78, 5) is 21.1. The molecule has 0 atom stereocenters. The molecule has 11 heteroatoms. The summed E-state index contributed by atoms with van der Waals surface area (Å²) < 4.78 is 42.3. The highest BCUT2D eigenvalue weighted by atomic mass is 32.2. The zero-order chi connectivity index (χ0) is 30.7. The predicted molar refractivity (Wildman–Crippen MR) is 165 cm³/mol. The lowest BCUT2D eigenvalue weighted by molar-refractivity contribution is -0.115. The molecule has 0 bridgehead atoms. The zero-order valence-corrected chi connectivity index (χ0v) is 24.7. The minimum absolute atomic E-state index is 0.0500. The van der Waals surface area contributed by atoms with Crippen LogP contribution in [0.1, 0.15) is 26.3 Å². The van der Waals surface area contributed by atoms with E-state index in [1.807, 2.05) is 32.0 Å². The molecule has 0 spiro atoms. The highest BCUT2D eigenvalue weighted by Crippen LogP contribution is 2.28. The number of nitrogens with zero attached hydrogens (tertiary/aromatic N) is 2. The molecular formula is C31H34FN5O4S. The number of guanidine groups is 1. The third kappa shape index (κ3) is 9.13. The first kappa shape index (κ1) is 31.8. The van der Waals surface area contributed by atoms with Gasteiger partial charge in [0.25, 0.3) is 0 Å². The van der Waals surface area contributed by atoms with E-state index in [9.17, 15) is 17.6 Å². The van der Waals surface area contributed by atoms with Crippen molar-refractivity contribution in [3.63, 3.8) is 0 Å². The Labute approximate surface area is 245 Å². The predicted octanol–water partition coefficient (Wildman–Crippen LogP) is 5.96. The minimum Gasteiger partial charge on any atom is -0.492 e. The summed E-state index contributed by atoms with van der Waals surface area (Å²) in [6.45, 7) is 6.13. The average Bonchev–Trinajstić information content (AvgIpc) is 2.97. The maximum atomic E-state index is 13.0. The van der Waals surface area contributed by atoms with Crippen molar-refractivity contribution < 1.29 is 22.3 Å². The summed E-state index contributed by atoms with van der Waals surface area (Å²) in [7, 11) is -3.39. The Hall–Kier alpha value is -4.77. The molecule has 1 heterocycles. The summed E-state index contributed by atoms with van der Waals surface area (Å²) >= 11 is 0. The van der Waals surface area contributed by atoms with E-state index in [1.54, 1.807) is 49.5 Å². The molecule has 1 amide bonds. The van der Waals surface area contributed by atoms with E-state index in [4.69, 9.17) is 10.5 Å². The summed E-state index contributed by atoms with van der Waals surface area (Å²) in [5.74, 6) is 0.207. The summed E-state index contributed by atoms with van der Waals surface area (Å²) in [6.07, 6.45) is 2.92. The number of carbonyl (C=O) groups is 1. The number of ether oxygens (including phenoxy) is 1. The van der Waals surface area contributed by atoms with Crippen molar-refractivity contribution in [1.29, 1.82) is 0 Å². The smallest absolute Gasteiger partial charge is 0.228 e. The molecule has 0 aliphatic rings. The summed E-state index contributed by atoms with van der Waals surface area (Å²) in [6, 6.07) is 21.1. The van der Waals surface area contributed by atoms with Crippen LogP contribution in [0, 0.1) is 5.82 Å². The van der Waals surface area contributed by atoms with E-state index in [0.717, 1.165) is 22.9 Å². The molecule has 9 nitrogen and oxygen atoms in total. The lowest BCUT2D eigenvalue weighted by Gasteiger charge is -2.13. The Balaban J connectivity index is 0.00000237. The summed E-state index contributed by atoms with van der Waals surface area (Å²) in [5, 5.41) is 5.76. The number of hydrogen-bond donors (Lipinski definition) is 3. The lowest BCUT2D eigenvalue weighted by atomic mass is 10.1. The van der Waals surface area contributed by atoms with Crippen LogP contribution in [0.2, 0.25) is 0 Å². The van der Waals surface area contributed by atoms with Gasteiger partial charge < -0.3 is 21.1 Å². The normalized spacial score (nSPS) is 11.2. The third-order valence-electron chi connectivity index (χ3n) is 5.71. The van der Waals surface area contributed by atoms with E-state index in [0.29, 0.717) is 29.5 Å². The molecule has 1 aromatic heterocycles. The van der Waals surface area contributed by atoms with E-state index >= 15 is 0 Å². The number of nitrogens with one attached hydrogen (secondary N) is 2. The Morgan fingerprint density at radius 1 is 0.952 bits per heavy atom. The Bertz CT molecular complexity index is 1620. The van der Waals surface area contributed by atoms with E-state index in [2.05, 4.69) is 20.6 Å². The van der Waals surface area contributed by atoms with Gasteiger partial charge in [-0.1, -0.05) is 38.1 Å². The fourth-order valence-electron chi connectivity index (χ4n) is 3.76. The number of rotatable bonds is 9. The van der Waals surface area contributed by atoms with Crippen molar-refractivity contribution in [2.45, 2.75) is 32.1 Å². The van der Waals surface area contributed by atoms with Crippen LogP contribution in [0.25, 0.3) is 11.1 Å². The second kappa shape index (κ2) is 14.7. The van der Waals surface area contributed by atoms with Crippen molar-refractivity contribution in [3.05, 3.63) is 96.4 Å². The van der Waals surface area contributed by atoms with Crippen molar-refractivity contribution in [1.82, 2.24) is 4.98 Å². The van der Waals surface area contributed by atoms with Gasteiger partial charge in [0.05, 0.1) is 23.6 Å². The molecule has 4 N–H and O–H groups in total. The van der Waals surface area contributed by atoms with E-state index in [1.165, 1.54) is 24.3 Å². The molecule has 0 saturated heterocycles. The largest absolute Gasteiger partial charge is 0.492 e. The van der Waals surface area contributed by atoms with Gasteiger partial charge in [0.1, 0.15) is 11.6 Å². The molecule has 4 rings (SSSR count). The van der Waals surface area contributed by atoms with Gasteiger partial charge in [-0.25, -0.2) is 17.8 Å². The molecule has 42 heavy (non-hydrogen) atoms. The van der Waals surface area contributed by atoms with Crippen molar-refractivity contribution in [2.75, 3.05) is 23.5 Å². The van der Waals surface area contributed by atoms with Gasteiger partial charge in [-0.15, -0.1) is 0 Å². The first-order chi connectivity index (χ1) is 20.1. The SMILES string of the molecule is CC.CCOc1cc(S(C)(=O)=O)ccc1NC(N)=Nc1ccc(-c2ccc(NC(=O)Cc3ccc(F)cc3)cc2)cn1. The number of pyridine rings is 1. The van der Waals surface area contributed by atoms with Crippen LogP contribution in [-0.4, -0.2) is 38.1 Å². The highest BCUT2D eigenvalue weighted by molar-refractivity contribution is 7.90. The van der Waals surface area contributed by atoms with Crippen LogP contribution in [0.4, 0.5) is 21.6 Å². The number of amides is 1. The first-order valence-electron chi connectivity index (χ1n) is 13.3. The number of benzene rings is 3. The molecule has 3 aromatic carbocycles. The lowest BCUT2D eigenvalue weighted by Crippen LogP contribution is -2.22. The average molecular weight is 592 g/mol. The van der Waals surface area contributed by atoms with Crippen molar-refractivity contribution >= 4 is 38.9 Å². The number of sulfone groups is 1. The number of halogens is 1. The number of anilines is 2. The summed E-state index contributed by atoms with van der Waals surface area (Å²) in [5.41, 5.74) is 9.62. The Morgan fingerprint density at radius 3 is 2.21 bits per heavy atom. The maximum absolute atomic E-state index is 13.0. The van der Waals surface area contributed by atoms with Crippen LogP contribution in [0.3, 0.4) is 0 Å².